The van der Waals surface area contributed by atoms with Gasteiger partial charge in [-0.1, -0.05) is 0 Å². The van der Waals surface area contributed by atoms with E-state index in [2.05, 4.69) is 15.5 Å². The smallest absolute Gasteiger partial charge is 0.223 e. The third kappa shape index (κ3) is 2.95. The molecule has 1 heterocycles. The first-order valence-electron chi connectivity index (χ1n) is 8.55. The molecule has 4 fully saturated rings. The predicted octanol–water partition coefficient (Wildman–Crippen LogP) is 1.11. The number of nitrogens with zero attached hydrogens (tertiary/aromatic N) is 1. The van der Waals surface area contributed by atoms with Crippen molar-refractivity contribution in [2.45, 2.75) is 25.7 Å². The molecule has 1 amide bonds. The van der Waals surface area contributed by atoms with E-state index in [1.165, 1.54) is 19.3 Å². The van der Waals surface area contributed by atoms with Gasteiger partial charge in [0.1, 0.15) is 0 Å². The summed E-state index contributed by atoms with van der Waals surface area (Å²) in [5.41, 5.74) is 0. The lowest BCUT2D eigenvalue weighted by Crippen LogP contribution is -2.44. The number of amides is 1. The van der Waals surface area contributed by atoms with Crippen LogP contribution in [0.25, 0.3) is 0 Å². The zero-order valence-electron chi connectivity index (χ0n) is 12.7. The van der Waals surface area contributed by atoms with Gasteiger partial charge in [-0.25, -0.2) is 0 Å². The maximum atomic E-state index is 12.3. The van der Waals surface area contributed by atoms with Crippen molar-refractivity contribution in [3.63, 3.8) is 0 Å². The quantitative estimate of drug-likeness (QED) is 0.748. The molecule has 2 bridgehead atoms. The normalized spacial score (nSPS) is 40.5. The van der Waals surface area contributed by atoms with Crippen molar-refractivity contribution in [1.29, 1.82) is 0 Å². The van der Waals surface area contributed by atoms with E-state index in [0.717, 1.165) is 69.4 Å². The summed E-state index contributed by atoms with van der Waals surface area (Å²) in [4.78, 5) is 14.7. The van der Waals surface area contributed by atoms with Crippen LogP contribution < -0.4 is 10.6 Å². The number of carbonyl (C=O) groups is 1. The van der Waals surface area contributed by atoms with E-state index < -0.39 is 0 Å². The Morgan fingerprint density at radius 3 is 2.48 bits per heavy atom. The fourth-order valence-electron chi connectivity index (χ4n) is 5.24. The molecule has 1 aliphatic heterocycles. The molecule has 0 aromatic rings. The Balaban J connectivity index is 0.00000132. The first-order valence-corrected chi connectivity index (χ1v) is 8.55. The minimum Gasteiger partial charge on any atom is -0.356 e. The molecule has 4 aliphatic rings. The molecule has 4 nitrogen and oxygen atoms in total. The van der Waals surface area contributed by atoms with E-state index in [9.17, 15) is 4.79 Å². The van der Waals surface area contributed by atoms with Crippen molar-refractivity contribution in [2.75, 3.05) is 39.3 Å². The Bertz CT molecular complexity index is 370. The zero-order chi connectivity index (χ0) is 13.5. The summed E-state index contributed by atoms with van der Waals surface area (Å²) in [6, 6.07) is 0. The zero-order valence-corrected chi connectivity index (χ0v) is 13.5. The van der Waals surface area contributed by atoms with Crippen molar-refractivity contribution in [1.82, 2.24) is 15.5 Å². The Morgan fingerprint density at radius 1 is 1.14 bits per heavy atom. The van der Waals surface area contributed by atoms with Gasteiger partial charge in [0.2, 0.25) is 5.91 Å². The minimum atomic E-state index is 0. The average Bonchev–Trinajstić information content (AvgIpc) is 2.93. The van der Waals surface area contributed by atoms with Crippen LogP contribution in [0.3, 0.4) is 0 Å². The van der Waals surface area contributed by atoms with E-state index >= 15 is 0 Å². The number of nitrogens with one attached hydrogen (secondary N) is 2. The first kappa shape index (κ1) is 15.6. The highest BCUT2D eigenvalue weighted by atomic mass is 35.5. The van der Waals surface area contributed by atoms with Gasteiger partial charge < -0.3 is 15.5 Å². The van der Waals surface area contributed by atoms with Crippen LogP contribution in [0.2, 0.25) is 0 Å². The largest absolute Gasteiger partial charge is 0.356 e. The first-order chi connectivity index (χ1) is 9.84. The SMILES string of the molecule is Cl.O=C(NCCCN1CCNCC1)C1C2C3CCC(C3)C12. The van der Waals surface area contributed by atoms with Gasteiger partial charge in [0.25, 0.3) is 0 Å². The lowest BCUT2D eigenvalue weighted by Gasteiger charge is -2.27. The van der Waals surface area contributed by atoms with Crippen LogP contribution >= 0.6 is 12.4 Å². The van der Waals surface area contributed by atoms with Gasteiger partial charge in [0.05, 0.1) is 0 Å². The number of hydrogen-bond donors (Lipinski definition) is 2. The molecule has 120 valence electrons. The van der Waals surface area contributed by atoms with E-state index in [-0.39, 0.29) is 12.4 Å². The number of rotatable bonds is 5. The number of hydrogen-bond acceptors (Lipinski definition) is 3. The third-order valence-electron chi connectivity index (χ3n) is 6.20. The Kier molecular flexibility index (Phi) is 4.77. The van der Waals surface area contributed by atoms with Crippen LogP contribution in [0.4, 0.5) is 0 Å². The second-order valence-electron chi connectivity index (χ2n) is 7.25. The number of fused-ring (bicyclic) bond motifs is 5. The standard InChI is InChI=1S/C16H27N3O.ClH/c20-16(15-13-11-2-3-12(10-11)14(13)15)18-4-1-7-19-8-5-17-6-9-19;/h11-15,17H,1-10H2,(H,18,20);1H. The summed E-state index contributed by atoms with van der Waals surface area (Å²) in [7, 11) is 0. The van der Waals surface area contributed by atoms with Crippen LogP contribution in [0.15, 0.2) is 0 Å². The summed E-state index contributed by atoms with van der Waals surface area (Å²) < 4.78 is 0. The van der Waals surface area contributed by atoms with Gasteiger partial charge in [0.15, 0.2) is 0 Å². The molecule has 3 saturated carbocycles. The number of carbonyl (C=O) groups excluding carboxylic acids is 1. The third-order valence-corrected chi connectivity index (χ3v) is 6.20. The lowest BCUT2D eigenvalue weighted by molar-refractivity contribution is -0.123. The highest BCUT2D eigenvalue weighted by Crippen LogP contribution is 2.69. The van der Waals surface area contributed by atoms with E-state index in [1.807, 2.05) is 0 Å². The second kappa shape index (κ2) is 6.43. The molecule has 4 atom stereocenters. The topological polar surface area (TPSA) is 44.4 Å². The van der Waals surface area contributed by atoms with Crippen LogP contribution in [0.1, 0.15) is 25.7 Å². The maximum Gasteiger partial charge on any atom is 0.223 e. The molecule has 0 spiro atoms. The summed E-state index contributed by atoms with van der Waals surface area (Å²) in [6.45, 7) is 6.54. The molecule has 4 unspecified atom stereocenters. The van der Waals surface area contributed by atoms with Gasteiger partial charge in [0, 0.05) is 38.6 Å². The van der Waals surface area contributed by atoms with Crippen molar-refractivity contribution in [3.05, 3.63) is 0 Å². The van der Waals surface area contributed by atoms with Crippen molar-refractivity contribution in [3.8, 4) is 0 Å². The minimum absolute atomic E-state index is 0. The lowest BCUT2D eigenvalue weighted by atomic mass is 10.0. The number of piperazine rings is 1. The van der Waals surface area contributed by atoms with Crippen molar-refractivity contribution >= 4 is 18.3 Å². The van der Waals surface area contributed by atoms with Crippen molar-refractivity contribution < 1.29 is 4.79 Å². The Morgan fingerprint density at radius 2 is 1.81 bits per heavy atom. The van der Waals surface area contributed by atoms with E-state index in [4.69, 9.17) is 0 Å². The van der Waals surface area contributed by atoms with Crippen LogP contribution in [0, 0.1) is 29.6 Å². The molecule has 3 aliphatic carbocycles. The predicted molar refractivity (Wildman–Crippen MR) is 85.5 cm³/mol. The summed E-state index contributed by atoms with van der Waals surface area (Å²) in [6.07, 6.45) is 5.33. The molecule has 0 aromatic heterocycles. The molecule has 1 saturated heterocycles. The van der Waals surface area contributed by atoms with Gasteiger partial charge >= 0.3 is 0 Å². The maximum absolute atomic E-state index is 12.3. The fourth-order valence-corrected chi connectivity index (χ4v) is 5.24. The van der Waals surface area contributed by atoms with Gasteiger partial charge in [-0.05, 0) is 55.9 Å². The molecule has 0 radical (unpaired) electrons. The molecule has 4 rings (SSSR count). The monoisotopic (exact) mass is 313 g/mol. The summed E-state index contributed by atoms with van der Waals surface area (Å²) >= 11 is 0. The Hall–Kier alpha value is -0.320. The highest BCUT2D eigenvalue weighted by Gasteiger charge is 2.67. The fraction of sp³-hybridized carbons (Fsp3) is 0.938. The molecule has 0 aromatic carbocycles. The summed E-state index contributed by atoms with van der Waals surface area (Å²) in [5.74, 6) is 4.14. The van der Waals surface area contributed by atoms with Crippen LogP contribution in [-0.2, 0) is 4.79 Å². The van der Waals surface area contributed by atoms with E-state index in [1.54, 1.807) is 0 Å². The van der Waals surface area contributed by atoms with Crippen molar-refractivity contribution in [2.24, 2.45) is 29.6 Å². The van der Waals surface area contributed by atoms with Gasteiger partial charge in [-0.15, -0.1) is 12.4 Å². The highest BCUT2D eigenvalue weighted by molar-refractivity contribution is 5.85. The van der Waals surface area contributed by atoms with Crippen LogP contribution in [0.5, 0.6) is 0 Å². The Labute approximate surface area is 133 Å². The van der Waals surface area contributed by atoms with Crippen LogP contribution in [-0.4, -0.2) is 50.1 Å². The molecule has 2 N–H and O–H groups in total. The second-order valence-corrected chi connectivity index (χ2v) is 7.25. The van der Waals surface area contributed by atoms with Gasteiger partial charge in [-0.2, -0.15) is 0 Å². The molecule has 5 heteroatoms. The molecule has 21 heavy (non-hydrogen) atoms. The van der Waals surface area contributed by atoms with Gasteiger partial charge in [-0.3, -0.25) is 4.79 Å². The molecular formula is C16H28ClN3O. The average molecular weight is 314 g/mol. The van der Waals surface area contributed by atoms with E-state index in [0.29, 0.717) is 11.8 Å². The summed E-state index contributed by atoms with van der Waals surface area (Å²) in [5, 5.41) is 6.57. The number of halogens is 1. The molecular weight excluding hydrogens is 286 g/mol.